The molecule has 1 fully saturated rings. The second-order valence-corrected chi connectivity index (χ2v) is 5.57. The number of nitrogens with two attached hydrogens (primary N) is 1. The van der Waals surface area contributed by atoms with Crippen LogP contribution in [0.15, 0.2) is 0 Å². The van der Waals surface area contributed by atoms with E-state index in [4.69, 9.17) is 5.73 Å². The molecule has 0 aromatic carbocycles. The molecule has 7 heteroatoms. The molecule has 1 heterocycles. The first-order valence-corrected chi connectivity index (χ1v) is 7.37. The van der Waals surface area contributed by atoms with Crippen LogP contribution in [0.2, 0.25) is 0 Å². The summed E-state index contributed by atoms with van der Waals surface area (Å²) in [4.78, 5) is 12.0. The Morgan fingerprint density at radius 1 is 1.63 bits per heavy atom. The van der Waals surface area contributed by atoms with Gasteiger partial charge in [0.15, 0.2) is 5.82 Å². The van der Waals surface area contributed by atoms with Crippen LogP contribution in [0.25, 0.3) is 0 Å². The van der Waals surface area contributed by atoms with Crippen LogP contribution in [0.3, 0.4) is 0 Å². The summed E-state index contributed by atoms with van der Waals surface area (Å²) in [6.45, 7) is 2.53. The van der Waals surface area contributed by atoms with Gasteiger partial charge in [0, 0.05) is 12.6 Å². The summed E-state index contributed by atoms with van der Waals surface area (Å²) in [5.74, 6) is 0.106. The van der Waals surface area contributed by atoms with Crippen LogP contribution in [0.5, 0.6) is 0 Å². The SMILES string of the molecule is CCC(O)CCNc1snc(N)c1C(=O)NC1CC1. The molecular weight excluding hydrogens is 264 g/mol. The Hall–Kier alpha value is -1.34. The normalized spacial score (nSPS) is 16.1. The van der Waals surface area contributed by atoms with Crippen molar-refractivity contribution in [2.75, 3.05) is 17.6 Å². The number of aliphatic hydroxyl groups excluding tert-OH is 1. The Bertz CT molecular complexity index is 445. The molecule has 106 valence electrons. The fourth-order valence-corrected chi connectivity index (χ4v) is 2.42. The lowest BCUT2D eigenvalue weighted by molar-refractivity contribution is 0.0953. The van der Waals surface area contributed by atoms with Crippen molar-refractivity contribution >= 4 is 28.3 Å². The van der Waals surface area contributed by atoms with Crippen LogP contribution >= 0.6 is 11.5 Å². The summed E-state index contributed by atoms with van der Waals surface area (Å²) < 4.78 is 4.02. The van der Waals surface area contributed by atoms with Gasteiger partial charge in [0.1, 0.15) is 10.6 Å². The van der Waals surface area contributed by atoms with E-state index in [1.807, 2.05) is 6.92 Å². The van der Waals surface area contributed by atoms with Crippen molar-refractivity contribution in [1.82, 2.24) is 9.69 Å². The van der Waals surface area contributed by atoms with Gasteiger partial charge in [-0.25, -0.2) is 0 Å². The third-order valence-corrected chi connectivity index (χ3v) is 3.91. The Balaban J connectivity index is 1.94. The van der Waals surface area contributed by atoms with Gasteiger partial charge in [0.05, 0.1) is 6.10 Å². The summed E-state index contributed by atoms with van der Waals surface area (Å²) >= 11 is 1.18. The molecule has 1 aromatic rings. The summed E-state index contributed by atoms with van der Waals surface area (Å²) in [5, 5.41) is 16.2. The van der Waals surface area contributed by atoms with E-state index < -0.39 is 0 Å². The van der Waals surface area contributed by atoms with Crippen LogP contribution in [0.1, 0.15) is 43.0 Å². The van der Waals surface area contributed by atoms with E-state index in [-0.39, 0.29) is 17.8 Å². The quantitative estimate of drug-likeness (QED) is 0.602. The molecule has 1 aliphatic carbocycles. The van der Waals surface area contributed by atoms with Gasteiger partial charge >= 0.3 is 0 Å². The predicted molar refractivity (Wildman–Crippen MR) is 76.4 cm³/mol. The predicted octanol–water partition coefficient (Wildman–Crippen LogP) is 1.19. The van der Waals surface area contributed by atoms with Gasteiger partial charge in [-0.15, -0.1) is 0 Å². The molecule has 0 aliphatic heterocycles. The first-order chi connectivity index (χ1) is 9.11. The van der Waals surface area contributed by atoms with Gasteiger partial charge in [-0.3, -0.25) is 4.79 Å². The molecule has 6 nitrogen and oxygen atoms in total. The fourth-order valence-electron chi connectivity index (χ4n) is 1.68. The van der Waals surface area contributed by atoms with Crippen molar-refractivity contribution in [3.63, 3.8) is 0 Å². The molecule has 2 rings (SSSR count). The molecule has 0 bridgehead atoms. The lowest BCUT2D eigenvalue weighted by Crippen LogP contribution is -2.26. The molecule has 1 aliphatic rings. The molecule has 0 radical (unpaired) electrons. The number of aromatic nitrogens is 1. The highest BCUT2D eigenvalue weighted by atomic mass is 32.1. The first kappa shape index (κ1) is 14.1. The van der Waals surface area contributed by atoms with Gasteiger partial charge in [-0.2, -0.15) is 4.37 Å². The Morgan fingerprint density at radius 2 is 2.37 bits per heavy atom. The molecule has 5 N–H and O–H groups in total. The maximum absolute atomic E-state index is 12.0. The first-order valence-electron chi connectivity index (χ1n) is 6.59. The second kappa shape index (κ2) is 6.21. The van der Waals surface area contributed by atoms with E-state index in [0.29, 0.717) is 29.6 Å². The maximum atomic E-state index is 12.0. The lowest BCUT2D eigenvalue weighted by Gasteiger charge is -2.10. The standard InChI is InChI=1S/C12H20N4O2S/c1-2-8(17)5-6-14-12-9(10(13)16-19-12)11(18)15-7-3-4-7/h7-8,14,17H,2-6H2,1H3,(H2,13,16)(H,15,18). The van der Waals surface area contributed by atoms with Crippen molar-refractivity contribution in [3.8, 4) is 0 Å². The molecule has 1 atom stereocenters. The van der Waals surface area contributed by atoms with Crippen LogP contribution in [-0.4, -0.2) is 34.1 Å². The highest BCUT2D eigenvalue weighted by molar-refractivity contribution is 7.11. The van der Waals surface area contributed by atoms with Gasteiger partial charge in [-0.1, -0.05) is 6.92 Å². The zero-order chi connectivity index (χ0) is 13.8. The maximum Gasteiger partial charge on any atom is 0.258 e. The smallest absolute Gasteiger partial charge is 0.258 e. The third-order valence-electron chi connectivity index (χ3n) is 3.09. The number of carbonyl (C=O) groups is 1. The summed E-state index contributed by atoms with van der Waals surface area (Å²) in [5.41, 5.74) is 6.18. The Kier molecular flexibility index (Phi) is 4.60. The highest BCUT2D eigenvalue weighted by Gasteiger charge is 2.27. The molecular formula is C12H20N4O2S. The van der Waals surface area contributed by atoms with Crippen LogP contribution in [0.4, 0.5) is 10.8 Å². The minimum Gasteiger partial charge on any atom is -0.393 e. The number of aliphatic hydroxyl groups is 1. The summed E-state index contributed by atoms with van der Waals surface area (Å²) in [6.07, 6.45) is 3.12. The second-order valence-electron chi connectivity index (χ2n) is 4.80. The number of nitrogens with zero attached hydrogens (tertiary/aromatic N) is 1. The number of nitrogens with one attached hydrogen (secondary N) is 2. The summed E-state index contributed by atoms with van der Waals surface area (Å²) in [6, 6.07) is 0.293. The van der Waals surface area contributed by atoms with Gasteiger partial charge in [0.2, 0.25) is 0 Å². The van der Waals surface area contributed by atoms with E-state index >= 15 is 0 Å². The van der Waals surface area contributed by atoms with Crippen LogP contribution < -0.4 is 16.4 Å². The lowest BCUT2D eigenvalue weighted by atomic mass is 10.2. The Labute approximate surface area is 116 Å². The van der Waals surface area contributed by atoms with E-state index in [0.717, 1.165) is 19.3 Å². The average Bonchev–Trinajstić information content (AvgIpc) is 3.11. The highest BCUT2D eigenvalue weighted by Crippen LogP contribution is 2.28. The van der Waals surface area contributed by atoms with Gasteiger partial charge in [-0.05, 0) is 37.2 Å². The zero-order valence-corrected chi connectivity index (χ0v) is 11.8. The average molecular weight is 284 g/mol. The molecule has 1 saturated carbocycles. The molecule has 1 aromatic heterocycles. The number of rotatable bonds is 7. The van der Waals surface area contributed by atoms with Gasteiger partial charge < -0.3 is 21.5 Å². The topological polar surface area (TPSA) is 100 Å². The van der Waals surface area contributed by atoms with E-state index in [1.165, 1.54) is 11.5 Å². The minimum atomic E-state index is -0.318. The molecule has 0 saturated heterocycles. The van der Waals surface area contributed by atoms with Crippen molar-refractivity contribution in [1.29, 1.82) is 0 Å². The number of amides is 1. The van der Waals surface area contributed by atoms with E-state index in [9.17, 15) is 9.90 Å². The summed E-state index contributed by atoms with van der Waals surface area (Å²) in [7, 11) is 0. The van der Waals surface area contributed by atoms with Crippen molar-refractivity contribution in [2.24, 2.45) is 0 Å². The molecule has 1 unspecified atom stereocenters. The molecule has 19 heavy (non-hydrogen) atoms. The van der Waals surface area contributed by atoms with E-state index in [2.05, 4.69) is 15.0 Å². The van der Waals surface area contributed by atoms with E-state index in [1.54, 1.807) is 0 Å². The van der Waals surface area contributed by atoms with Crippen molar-refractivity contribution in [2.45, 2.75) is 44.8 Å². The van der Waals surface area contributed by atoms with Gasteiger partial charge in [0.25, 0.3) is 5.91 Å². The minimum absolute atomic E-state index is 0.160. The molecule has 0 spiro atoms. The number of carbonyl (C=O) groups excluding carboxylic acids is 1. The third kappa shape index (κ3) is 3.81. The van der Waals surface area contributed by atoms with Crippen molar-refractivity contribution in [3.05, 3.63) is 5.56 Å². The molecule has 1 amide bonds. The largest absolute Gasteiger partial charge is 0.393 e. The zero-order valence-electron chi connectivity index (χ0n) is 11.0. The number of hydrogen-bond donors (Lipinski definition) is 4. The fraction of sp³-hybridized carbons (Fsp3) is 0.667. The Morgan fingerprint density at radius 3 is 3.00 bits per heavy atom. The van der Waals surface area contributed by atoms with Crippen LogP contribution in [-0.2, 0) is 0 Å². The number of nitrogen functional groups attached to an aromatic ring is 1. The number of hydrogen-bond acceptors (Lipinski definition) is 6. The van der Waals surface area contributed by atoms with Crippen LogP contribution in [0, 0.1) is 0 Å². The van der Waals surface area contributed by atoms with Crippen molar-refractivity contribution < 1.29 is 9.90 Å². The number of anilines is 2. The monoisotopic (exact) mass is 284 g/mol.